The van der Waals surface area contributed by atoms with Gasteiger partial charge in [0.15, 0.2) is 0 Å². The number of likely N-dealkylation sites (N-methyl/N-ethyl adjacent to an activating group) is 1. The molecule has 7 nitrogen and oxygen atoms in total. The number of nitrogens with one attached hydrogen (secondary N) is 2. The third-order valence-electron chi connectivity index (χ3n) is 2.80. The molecule has 0 fully saturated rings. The normalized spacial score (nSPS) is 11.4. The molecule has 0 aromatic carbocycles. The van der Waals surface area contributed by atoms with E-state index in [1.54, 1.807) is 14.2 Å². The molecule has 0 radical (unpaired) electrons. The number of rotatable bonds is 8. The van der Waals surface area contributed by atoms with E-state index < -0.39 is 5.54 Å². The van der Waals surface area contributed by atoms with Gasteiger partial charge in [-0.15, -0.1) is 0 Å². The first-order chi connectivity index (χ1) is 9.70. The molecule has 0 aromatic heterocycles. The van der Waals surface area contributed by atoms with Crippen LogP contribution < -0.4 is 22.1 Å². The molecule has 126 valence electrons. The third-order valence-corrected chi connectivity index (χ3v) is 2.80. The van der Waals surface area contributed by atoms with Crippen molar-refractivity contribution in [2.75, 3.05) is 33.8 Å². The number of ether oxygens (including phenoxy) is 1. The Balaban J connectivity index is 0. The molecule has 0 spiro atoms. The maximum absolute atomic E-state index is 11.4. The van der Waals surface area contributed by atoms with Gasteiger partial charge in [-0.1, -0.05) is 0 Å². The fourth-order valence-corrected chi connectivity index (χ4v) is 1.26. The van der Waals surface area contributed by atoms with Gasteiger partial charge in [0.25, 0.3) is 0 Å². The largest absolute Gasteiger partial charge is 0.379 e. The van der Waals surface area contributed by atoms with Crippen molar-refractivity contribution < 1.29 is 14.3 Å². The average molecular weight is 304 g/mol. The van der Waals surface area contributed by atoms with Gasteiger partial charge < -0.3 is 31.6 Å². The van der Waals surface area contributed by atoms with Crippen molar-refractivity contribution >= 4 is 12.2 Å². The van der Waals surface area contributed by atoms with Gasteiger partial charge in [0.1, 0.15) is 6.29 Å². The molecule has 7 heteroatoms. The minimum Gasteiger partial charge on any atom is -0.379 e. The molecule has 0 atom stereocenters. The van der Waals surface area contributed by atoms with Gasteiger partial charge in [-0.25, -0.2) is 0 Å². The van der Waals surface area contributed by atoms with Crippen LogP contribution in [0.25, 0.3) is 0 Å². The zero-order valence-corrected chi connectivity index (χ0v) is 14.0. The van der Waals surface area contributed by atoms with E-state index in [0.29, 0.717) is 12.8 Å². The number of methoxy groups -OCH3 is 1. The summed E-state index contributed by atoms with van der Waals surface area (Å²) in [5.74, 6) is -0.201. The zero-order chi connectivity index (χ0) is 16.9. The fraction of sp³-hybridized carbons (Fsp3) is 0.857. The summed E-state index contributed by atoms with van der Waals surface area (Å²) in [7, 11) is 3.47. The summed E-state index contributed by atoms with van der Waals surface area (Å²) in [5, 5.41) is 5.68. The molecule has 0 saturated carbocycles. The molecule has 0 aromatic rings. The van der Waals surface area contributed by atoms with Crippen LogP contribution in [0.15, 0.2) is 0 Å². The lowest BCUT2D eigenvalue weighted by Crippen LogP contribution is -2.63. The van der Waals surface area contributed by atoms with E-state index in [1.807, 2.05) is 20.8 Å². The molecule has 6 N–H and O–H groups in total. The van der Waals surface area contributed by atoms with Crippen LogP contribution in [0.4, 0.5) is 0 Å². The summed E-state index contributed by atoms with van der Waals surface area (Å²) in [6.45, 7) is 7.09. The van der Waals surface area contributed by atoms with Gasteiger partial charge >= 0.3 is 0 Å². The zero-order valence-electron chi connectivity index (χ0n) is 14.0. The first-order valence-corrected chi connectivity index (χ1v) is 7.04. The van der Waals surface area contributed by atoms with E-state index >= 15 is 0 Å². The second-order valence-electron chi connectivity index (χ2n) is 5.79. The molecular weight excluding hydrogens is 272 g/mol. The number of hydrogen-bond donors (Lipinski definition) is 4. The Hall–Kier alpha value is -1.02. The summed E-state index contributed by atoms with van der Waals surface area (Å²) >= 11 is 0. The van der Waals surface area contributed by atoms with Crippen molar-refractivity contribution in [2.24, 2.45) is 11.5 Å². The van der Waals surface area contributed by atoms with Crippen molar-refractivity contribution in [3.8, 4) is 0 Å². The van der Waals surface area contributed by atoms with Crippen LogP contribution in [0, 0.1) is 0 Å². The minimum atomic E-state index is -0.616. The smallest absolute Gasteiger partial charge is 0.220 e. The molecule has 0 saturated heterocycles. The number of amides is 1. The highest BCUT2D eigenvalue weighted by Gasteiger charge is 2.27. The summed E-state index contributed by atoms with van der Waals surface area (Å²) in [6.07, 6.45) is 1.11. The van der Waals surface area contributed by atoms with E-state index in [4.69, 9.17) is 16.2 Å². The second-order valence-corrected chi connectivity index (χ2v) is 5.79. The molecule has 21 heavy (non-hydrogen) atoms. The Kier molecular flexibility index (Phi) is 12.3. The molecule has 0 bridgehead atoms. The standard InChI is InChI=1S/C9H20N4O2.C5H12O/c1-12-7-9(5-10,6-11)13-8(15)3-2-4-14;1-5(2,3)6-4/h4,12H,2-3,5-7,10-11H2,1H3,(H,13,15);1-4H3. The maximum Gasteiger partial charge on any atom is 0.220 e. The van der Waals surface area contributed by atoms with Crippen molar-refractivity contribution in [3.63, 3.8) is 0 Å². The Bertz CT molecular complexity index is 286. The molecule has 0 aliphatic rings. The van der Waals surface area contributed by atoms with E-state index in [2.05, 4.69) is 10.6 Å². The SMILES string of the molecule is CNCC(CN)(CN)NC(=O)CCC=O.COC(C)(C)C. The van der Waals surface area contributed by atoms with E-state index in [-0.39, 0.29) is 37.4 Å². The summed E-state index contributed by atoms with van der Waals surface area (Å²) in [5.41, 5.74) is 10.6. The van der Waals surface area contributed by atoms with Crippen LogP contribution in [0.3, 0.4) is 0 Å². The van der Waals surface area contributed by atoms with Crippen LogP contribution in [-0.4, -0.2) is 57.1 Å². The molecule has 0 unspecified atom stereocenters. The van der Waals surface area contributed by atoms with Crippen LogP contribution in [0.2, 0.25) is 0 Å². The quantitative estimate of drug-likeness (QED) is 0.444. The van der Waals surface area contributed by atoms with Gasteiger partial charge in [0.05, 0.1) is 11.1 Å². The van der Waals surface area contributed by atoms with Gasteiger partial charge in [-0.2, -0.15) is 0 Å². The number of carbonyl (C=O) groups is 2. The predicted octanol–water partition coefficient (Wildman–Crippen LogP) is -0.611. The number of aldehydes is 1. The van der Waals surface area contributed by atoms with E-state index in [1.165, 1.54) is 0 Å². The van der Waals surface area contributed by atoms with Crippen molar-refractivity contribution in [1.29, 1.82) is 0 Å². The lowest BCUT2D eigenvalue weighted by atomic mass is 9.99. The lowest BCUT2D eigenvalue weighted by molar-refractivity contribution is -0.124. The maximum atomic E-state index is 11.4. The van der Waals surface area contributed by atoms with Gasteiger partial charge in [0, 0.05) is 39.6 Å². The Morgan fingerprint density at radius 3 is 2.00 bits per heavy atom. The first kappa shape index (κ1) is 22.3. The molecule has 0 rings (SSSR count). The number of nitrogens with two attached hydrogens (primary N) is 2. The van der Waals surface area contributed by atoms with Crippen LogP contribution in [0.1, 0.15) is 33.6 Å². The monoisotopic (exact) mass is 304 g/mol. The van der Waals surface area contributed by atoms with E-state index in [0.717, 1.165) is 0 Å². The Morgan fingerprint density at radius 1 is 1.24 bits per heavy atom. The topological polar surface area (TPSA) is 119 Å². The second kappa shape index (κ2) is 11.6. The Morgan fingerprint density at radius 2 is 1.71 bits per heavy atom. The minimum absolute atomic E-state index is 0.0417. The molecule has 0 aliphatic heterocycles. The highest BCUT2D eigenvalue weighted by Crippen LogP contribution is 2.02. The van der Waals surface area contributed by atoms with Crippen LogP contribution in [0.5, 0.6) is 0 Å². The van der Waals surface area contributed by atoms with Crippen LogP contribution >= 0.6 is 0 Å². The van der Waals surface area contributed by atoms with Crippen molar-refractivity contribution in [2.45, 2.75) is 44.8 Å². The number of hydrogen-bond acceptors (Lipinski definition) is 6. The average Bonchev–Trinajstić information content (AvgIpc) is 2.44. The summed E-state index contributed by atoms with van der Waals surface area (Å²) in [6, 6.07) is 0. The van der Waals surface area contributed by atoms with Gasteiger partial charge in [-0.05, 0) is 27.8 Å². The molecule has 0 aliphatic carbocycles. The lowest BCUT2D eigenvalue weighted by Gasteiger charge is -2.32. The van der Waals surface area contributed by atoms with Crippen molar-refractivity contribution in [1.82, 2.24) is 10.6 Å². The highest BCUT2D eigenvalue weighted by atomic mass is 16.5. The molecule has 1 amide bonds. The van der Waals surface area contributed by atoms with Crippen LogP contribution in [-0.2, 0) is 14.3 Å². The van der Waals surface area contributed by atoms with Gasteiger partial charge in [0.2, 0.25) is 5.91 Å². The third kappa shape index (κ3) is 12.4. The Labute approximate surface area is 128 Å². The molecule has 0 heterocycles. The number of carbonyl (C=O) groups excluding carboxylic acids is 2. The van der Waals surface area contributed by atoms with Crippen molar-refractivity contribution in [3.05, 3.63) is 0 Å². The van der Waals surface area contributed by atoms with E-state index in [9.17, 15) is 9.59 Å². The van der Waals surface area contributed by atoms with Gasteiger partial charge in [-0.3, -0.25) is 4.79 Å². The first-order valence-electron chi connectivity index (χ1n) is 7.04. The summed E-state index contributed by atoms with van der Waals surface area (Å²) < 4.78 is 4.94. The highest BCUT2D eigenvalue weighted by molar-refractivity contribution is 5.79. The summed E-state index contributed by atoms with van der Waals surface area (Å²) in [4.78, 5) is 21.5. The predicted molar refractivity (Wildman–Crippen MR) is 85.0 cm³/mol. The molecular formula is C14H32N4O3. The fourth-order valence-electron chi connectivity index (χ4n) is 1.26.